The van der Waals surface area contributed by atoms with E-state index in [9.17, 15) is 0 Å². The molecule has 0 amide bonds. The lowest BCUT2D eigenvalue weighted by molar-refractivity contribution is 0.628. The number of hydrogen-bond acceptors (Lipinski definition) is 3. The Bertz CT molecular complexity index is 295. The fraction of sp³-hybridized carbons (Fsp3) is 0.636. The van der Waals surface area contributed by atoms with Crippen LogP contribution in [0.4, 0.5) is 0 Å². The van der Waals surface area contributed by atoms with Crippen LogP contribution in [0.3, 0.4) is 0 Å². The highest BCUT2D eigenvalue weighted by Gasteiger charge is 2.03. The third-order valence-corrected chi connectivity index (χ3v) is 1.94. The van der Waals surface area contributed by atoms with Crippen molar-refractivity contribution in [3.05, 3.63) is 23.3 Å². The SMILES string of the molecule is Cc1cc(CC(C)C)nc(CCN)n1. The smallest absolute Gasteiger partial charge is 0.130 e. The topological polar surface area (TPSA) is 51.8 Å². The normalized spacial score (nSPS) is 10.9. The predicted molar refractivity (Wildman–Crippen MR) is 58.1 cm³/mol. The molecule has 0 fully saturated rings. The second-order valence-corrected chi connectivity index (χ2v) is 4.05. The highest BCUT2D eigenvalue weighted by molar-refractivity contribution is 5.10. The quantitative estimate of drug-likeness (QED) is 0.788. The van der Waals surface area contributed by atoms with Crippen molar-refractivity contribution in [1.29, 1.82) is 0 Å². The Hall–Kier alpha value is -0.960. The molecule has 0 aliphatic heterocycles. The summed E-state index contributed by atoms with van der Waals surface area (Å²) >= 11 is 0. The van der Waals surface area contributed by atoms with Gasteiger partial charge in [0, 0.05) is 17.8 Å². The molecule has 0 bridgehead atoms. The summed E-state index contributed by atoms with van der Waals surface area (Å²) in [6, 6.07) is 2.06. The monoisotopic (exact) mass is 193 g/mol. The van der Waals surface area contributed by atoms with Crippen LogP contribution in [0.5, 0.6) is 0 Å². The van der Waals surface area contributed by atoms with Crippen LogP contribution in [0.25, 0.3) is 0 Å². The van der Waals surface area contributed by atoms with Crippen molar-refractivity contribution in [3.8, 4) is 0 Å². The van der Waals surface area contributed by atoms with E-state index in [1.807, 2.05) is 6.92 Å². The van der Waals surface area contributed by atoms with Crippen LogP contribution < -0.4 is 5.73 Å². The molecule has 78 valence electrons. The maximum atomic E-state index is 5.48. The number of nitrogens with two attached hydrogens (primary N) is 1. The summed E-state index contributed by atoms with van der Waals surface area (Å²) in [5.41, 5.74) is 7.66. The van der Waals surface area contributed by atoms with Gasteiger partial charge in [-0.05, 0) is 31.9 Å². The van der Waals surface area contributed by atoms with Crippen molar-refractivity contribution in [2.24, 2.45) is 11.7 Å². The minimum atomic E-state index is 0.616. The summed E-state index contributed by atoms with van der Waals surface area (Å²) in [6.45, 7) is 7.01. The molecule has 1 aromatic rings. The van der Waals surface area contributed by atoms with Crippen LogP contribution in [0.1, 0.15) is 31.1 Å². The van der Waals surface area contributed by atoms with Crippen molar-refractivity contribution in [2.75, 3.05) is 6.54 Å². The van der Waals surface area contributed by atoms with Gasteiger partial charge < -0.3 is 5.73 Å². The van der Waals surface area contributed by atoms with Crippen LogP contribution in [0, 0.1) is 12.8 Å². The Balaban J connectivity index is 2.83. The largest absolute Gasteiger partial charge is 0.330 e. The summed E-state index contributed by atoms with van der Waals surface area (Å²) in [5.74, 6) is 1.51. The average molecular weight is 193 g/mol. The zero-order chi connectivity index (χ0) is 10.6. The van der Waals surface area contributed by atoms with Crippen molar-refractivity contribution < 1.29 is 0 Å². The highest BCUT2D eigenvalue weighted by atomic mass is 14.9. The molecule has 0 aromatic carbocycles. The zero-order valence-electron chi connectivity index (χ0n) is 9.25. The summed E-state index contributed by atoms with van der Waals surface area (Å²) in [4.78, 5) is 8.81. The van der Waals surface area contributed by atoms with Crippen molar-refractivity contribution >= 4 is 0 Å². The van der Waals surface area contributed by atoms with Crippen LogP contribution in [-0.4, -0.2) is 16.5 Å². The van der Waals surface area contributed by atoms with Gasteiger partial charge in [-0.25, -0.2) is 9.97 Å². The summed E-state index contributed by atoms with van der Waals surface area (Å²) in [5, 5.41) is 0. The van der Waals surface area contributed by atoms with Crippen molar-refractivity contribution in [1.82, 2.24) is 9.97 Å². The van der Waals surface area contributed by atoms with Gasteiger partial charge in [0.05, 0.1) is 0 Å². The molecule has 0 radical (unpaired) electrons. The summed E-state index contributed by atoms with van der Waals surface area (Å²) < 4.78 is 0. The molecule has 3 heteroatoms. The third-order valence-electron chi connectivity index (χ3n) is 1.94. The van der Waals surface area contributed by atoms with Gasteiger partial charge >= 0.3 is 0 Å². The first kappa shape index (κ1) is 11.1. The Labute approximate surface area is 85.8 Å². The molecule has 2 N–H and O–H groups in total. The third kappa shape index (κ3) is 3.42. The average Bonchev–Trinajstić information content (AvgIpc) is 2.01. The highest BCUT2D eigenvalue weighted by Crippen LogP contribution is 2.07. The van der Waals surface area contributed by atoms with Crippen molar-refractivity contribution in [2.45, 2.75) is 33.6 Å². The second-order valence-electron chi connectivity index (χ2n) is 4.05. The van der Waals surface area contributed by atoms with Gasteiger partial charge in [-0.15, -0.1) is 0 Å². The van der Waals surface area contributed by atoms with Crippen LogP contribution >= 0.6 is 0 Å². The number of nitrogens with zero attached hydrogens (tertiary/aromatic N) is 2. The maximum Gasteiger partial charge on any atom is 0.130 e. The Morgan fingerprint density at radius 3 is 2.64 bits per heavy atom. The van der Waals surface area contributed by atoms with Gasteiger partial charge in [0.15, 0.2) is 0 Å². The molecule has 0 atom stereocenters. The van der Waals surface area contributed by atoms with E-state index in [-0.39, 0.29) is 0 Å². The van der Waals surface area contributed by atoms with E-state index in [2.05, 4.69) is 29.9 Å². The number of hydrogen-bond donors (Lipinski definition) is 1. The first-order chi connectivity index (χ1) is 6.61. The molecule has 0 spiro atoms. The van der Waals surface area contributed by atoms with Gasteiger partial charge in [0.25, 0.3) is 0 Å². The van der Waals surface area contributed by atoms with Crippen LogP contribution in [-0.2, 0) is 12.8 Å². The Morgan fingerprint density at radius 1 is 1.36 bits per heavy atom. The molecule has 3 nitrogen and oxygen atoms in total. The standard InChI is InChI=1S/C11H19N3/c1-8(2)6-10-7-9(3)13-11(14-10)4-5-12/h7-8H,4-6,12H2,1-3H3. The van der Waals surface area contributed by atoms with Crippen molar-refractivity contribution in [3.63, 3.8) is 0 Å². The molecular formula is C11H19N3. The van der Waals surface area contributed by atoms with Gasteiger partial charge in [-0.2, -0.15) is 0 Å². The van der Waals surface area contributed by atoms with E-state index in [0.717, 1.165) is 30.1 Å². The molecule has 0 saturated heterocycles. The van der Waals surface area contributed by atoms with E-state index < -0.39 is 0 Å². The molecule has 0 saturated carbocycles. The van der Waals surface area contributed by atoms with Gasteiger partial charge in [0.1, 0.15) is 5.82 Å². The lowest BCUT2D eigenvalue weighted by atomic mass is 10.1. The number of aromatic nitrogens is 2. The number of rotatable bonds is 4. The summed E-state index contributed by atoms with van der Waals surface area (Å²) in [7, 11) is 0. The molecule has 1 aromatic heterocycles. The lowest BCUT2D eigenvalue weighted by Crippen LogP contribution is -2.09. The van der Waals surface area contributed by atoms with E-state index >= 15 is 0 Å². The molecule has 1 heterocycles. The Kier molecular flexibility index (Phi) is 4.01. The summed E-state index contributed by atoms with van der Waals surface area (Å²) in [6.07, 6.45) is 1.79. The minimum Gasteiger partial charge on any atom is -0.330 e. The Morgan fingerprint density at radius 2 is 2.07 bits per heavy atom. The molecule has 0 aliphatic carbocycles. The van der Waals surface area contributed by atoms with E-state index in [1.165, 1.54) is 0 Å². The second kappa shape index (κ2) is 5.05. The molecule has 0 unspecified atom stereocenters. The van der Waals surface area contributed by atoms with Gasteiger partial charge in [0.2, 0.25) is 0 Å². The molecule has 0 aliphatic rings. The fourth-order valence-electron chi connectivity index (χ4n) is 1.46. The van der Waals surface area contributed by atoms with Gasteiger partial charge in [-0.1, -0.05) is 13.8 Å². The first-order valence-corrected chi connectivity index (χ1v) is 5.15. The van der Waals surface area contributed by atoms with E-state index in [4.69, 9.17) is 5.73 Å². The first-order valence-electron chi connectivity index (χ1n) is 5.15. The predicted octanol–water partition coefficient (Wildman–Crippen LogP) is 1.48. The number of aryl methyl sites for hydroxylation is 1. The zero-order valence-corrected chi connectivity index (χ0v) is 9.25. The minimum absolute atomic E-state index is 0.616. The molecule has 1 rings (SSSR count). The molecular weight excluding hydrogens is 174 g/mol. The maximum absolute atomic E-state index is 5.48. The van der Waals surface area contributed by atoms with Gasteiger partial charge in [-0.3, -0.25) is 0 Å². The van der Waals surface area contributed by atoms with E-state index in [0.29, 0.717) is 12.5 Å². The van der Waals surface area contributed by atoms with Crippen LogP contribution in [0.15, 0.2) is 6.07 Å². The fourth-order valence-corrected chi connectivity index (χ4v) is 1.46. The lowest BCUT2D eigenvalue weighted by Gasteiger charge is -2.07. The molecule has 14 heavy (non-hydrogen) atoms. The van der Waals surface area contributed by atoms with Crippen LogP contribution in [0.2, 0.25) is 0 Å². The van der Waals surface area contributed by atoms with E-state index in [1.54, 1.807) is 0 Å².